The Morgan fingerprint density at radius 1 is 1.43 bits per heavy atom. The van der Waals surface area contributed by atoms with E-state index >= 15 is 4.39 Å². The maximum absolute atomic E-state index is 15.1. The molecule has 0 amide bonds. The number of alkyl halides is 1. The van der Waals surface area contributed by atoms with Crippen molar-refractivity contribution < 1.29 is 23.5 Å². The van der Waals surface area contributed by atoms with Gasteiger partial charge in [-0.05, 0) is 13.0 Å². The van der Waals surface area contributed by atoms with Gasteiger partial charge in [0.2, 0.25) is 5.43 Å². The fourth-order valence-corrected chi connectivity index (χ4v) is 4.19. The van der Waals surface area contributed by atoms with E-state index in [0.717, 1.165) is 19.2 Å². The summed E-state index contributed by atoms with van der Waals surface area (Å²) in [5.41, 5.74) is -0.289. The molecule has 3 heterocycles. The van der Waals surface area contributed by atoms with Crippen LogP contribution < -0.4 is 15.1 Å². The lowest BCUT2D eigenvalue weighted by molar-refractivity contribution is -0.899. The van der Waals surface area contributed by atoms with Crippen molar-refractivity contribution in [2.24, 2.45) is 0 Å². The molecule has 0 spiro atoms. The van der Waals surface area contributed by atoms with Crippen molar-refractivity contribution in [2.75, 3.05) is 50.7 Å². The molecule has 0 aliphatic carbocycles. The number of piperazine rings is 1. The molecule has 4 rings (SSSR count). The molecule has 1 aromatic heterocycles. The van der Waals surface area contributed by atoms with Crippen LogP contribution in [0, 0.1) is 5.82 Å². The first kappa shape index (κ1) is 19.0. The molecule has 1 fully saturated rings. The minimum atomic E-state index is -1.32. The number of hydrogen-bond acceptors (Lipinski definition) is 4. The predicted octanol–water partition coefficient (Wildman–Crippen LogP) is 2.26. The summed E-state index contributed by atoms with van der Waals surface area (Å²) in [7, 11) is 2.06. The highest BCUT2D eigenvalue weighted by Crippen LogP contribution is 2.42. The molecule has 2 aromatic rings. The van der Waals surface area contributed by atoms with E-state index < -0.39 is 17.2 Å². The van der Waals surface area contributed by atoms with Gasteiger partial charge in [0, 0.05) is 6.20 Å². The van der Waals surface area contributed by atoms with Crippen LogP contribution >= 0.6 is 11.6 Å². The van der Waals surface area contributed by atoms with Crippen LogP contribution in [-0.4, -0.2) is 66.0 Å². The Kier molecular flexibility index (Phi) is 4.50. The van der Waals surface area contributed by atoms with Crippen LogP contribution in [0.5, 0.6) is 5.75 Å². The maximum atomic E-state index is 15.1. The first-order chi connectivity index (χ1) is 13.3. The van der Waals surface area contributed by atoms with Crippen LogP contribution in [0.3, 0.4) is 0 Å². The summed E-state index contributed by atoms with van der Waals surface area (Å²) >= 11 is 6.06. The number of ether oxygens (including phenoxy) is 1. The van der Waals surface area contributed by atoms with Gasteiger partial charge in [-0.3, -0.25) is 4.79 Å². The Balaban J connectivity index is 1.92. The van der Waals surface area contributed by atoms with E-state index in [-0.39, 0.29) is 23.6 Å². The average molecular weight is 411 g/mol. The first-order valence-corrected chi connectivity index (χ1v) is 9.71. The number of quaternary nitrogens is 1. The summed E-state index contributed by atoms with van der Waals surface area (Å²) in [5, 5.41) is 9.39. The standard InChI is InChI=1S/C19H21ClFN3O4/c1-11-9-28-18-15-12(17(25)13(19(26)27)8-23(11)15)7-14(21)16(18)22-3-5-24(2,10-20)6-4-22/h7-8,11H,3-6,9-10H2,1-2H3/p+1/t11-/m0/s1. The Bertz CT molecular complexity index is 1030. The average Bonchev–Trinajstić information content (AvgIpc) is 2.67. The molecule has 1 N–H and O–H groups in total. The second-order valence-electron chi connectivity index (χ2n) is 7.85. The summed E-state index contributed by atoms with van der Waals surface area (Å²) in [5.74, 6) is -1.59. The van der Waals surface area contributed by atoms with Gasteiger partial charge in [-0.2, -0.15) is 0 Å². The minimum absolute atomic E-state index is 0.0288. The smallest absolute Gasteiger partial charge is 0.341 e. The van der Waals surface area contributed by atoms with Crippen molar-refractivity contribution in [3.8, 4) is 5.75 Å². The number of anilines is 1. The van der Waals surface area contributed by atoms with E-state index in [4.69, 9.17) is 16.3 Å². The van der Waals surface area contributed by atoms with Crippen molar-refractivity contribution in [1.29, 1.82) is 0 Å². The molecule has 1 aromatic carbocycles. The number of aromatic carboxylic acids is 1. The number of pyridine rings is 1. The van der Waals surface area contributed by atoms with Gasteiger partial charge < -0.3 is 23.8 Å². The van der Waals surface area contributed by atoms with E-state index in [0.29, 0.717) is 40.5 Å². The normalized spacial score (nSPS) is 20.9. The molecule has 9 heteroatoms. The Morgan fingerprint density at radius 2 is 2.11 bits per heavy atom. The lowest BCUT2D eigenvalue weighted by atomic mass is 10.1. The molecule has 28 heavy (non-hydrogen) atoms. The second-order valence-corrected chi connectivity index (χ2v) is 8.09. The third kappa shape index (κ3) is 2.82. The third-order valence-electron chi connectivity index (χ3n) is 5.80. The molecule has 0 bridgehead atoms. The minimum Gasteiger partial charge on any atom is -0.487 e. The van der Waals surface area contributed by atoms with E-state index in [1.807, 2.05) is 11.8 Å². The highest BCUT2D eigenvalue weighted by atomic mass is 35.5. The van der Waals surface area contributed by atoms with E-state index in [1.54, 1.807) is 4.57 Å². The molecule has 7 nitrogen and oxygen atoms in total. The van der Waals surface area contributed by atoms with Crippen molar-refractivity contribution in [3.63, 3.8) is 0 Å². The van der Waals surface area contributed by atoms with Gasteiger partial charge in [-0.15, -0.1) is 0 Å². The fraction of sp³-hybridized carbons (Fsp3) is 0.474. The Labute approximate surface area is 166 Å². The molecule has 0 saturated carbocycles. The van der Waals surface area contributed by atoms with Crippen molar-refractivity contribution in [1.82, 2.24) is 4.57 Å². The molecule has 2 aliphatic heterocycles. The summed E-state index contributed by atoms with van der Waals surface area (Å²) in [4.78, 5) is 26.0. The molecule has 0 unspecified atom stereocenters. The number of halogens is 2. The van der Waals surface area contributed by atoms with Gasteiger partial charge in [-0.25, -0.2) is 9.18 Å². The van der Waals surface area contributed by atoms with E-state index in [9.17, 15) is 14.7 Å². The lowest BCUT2D eigenvalue weighted by Crippen LogP contribution is -2.57. The molecule has 150 valence electrons. The van der Waals surface area contributed by atoms with Gasteiger partial charge in [0.1, 0.15) is 17.9 Å². The first-order valence-electron chi connectivity index (χ1n) is 9.17. The monoisotopic (exact) mass is 410 g/mol. The largest absolute Gasteiger partial charge is 0.487 e. The van der Waals surface area contributed by atoms with E-state index in [1.165, 1.54) is 6.20 Å². The second kappa shape index (κ2) is 6.63. The number of aromatic nitrogens is 1. The van der Waals surface area contributed by atoms with Gasteiger partial charge in [0.05, 0.1) is 50.2 Å². The topological polar surface area (TPSA) is 71.8 Å². The zero-order valence-electron chi connectivity index (χ0n) is 15.7. The summed E-state index contributed by atoms with van der Waals surface area (Å²) in [6.45, 7) is 4.88. The van der Waals surface area contributed by atoms with Gasteiger partial charge >= 0.3 is 5.97 Å². The number of carboxylic acid groups (broad SMARTS) is 1. The highest BCUT2D eigenvalue weighted by Gasteiger charge is 2.34. The van der Waals surface area contributed by atoms with Crippen molar-refractivity contribution in [3.05, 3.63) is 33.9 Å². The molecule has 0 radical (unpaired) electrons. The number of carbonyl (C=O) groups is 1. The lowest BCUT2D eigenvalue weighted by Gasteiger charge is -2.42. The number of likely N-dealkylation sites (N-methyl/N-ethyl adjacent to an activating group) is 1. The van der Waals surface area contributed by atoms with Crippen LogP contribution in [0.1, 0.15) is 23.3 Å². The van der Waals surface area contributed by atoms with Gasteiger partial charge in [0.15, 0.2) is 17.6 Å². The molecule has 2 aliphatic rings. The number of benzene rings is 1. The molecular formula is C19H22ClFN3O4+. The fourth-order valence-electron chi connectivity index (χ4n) is 3.95. The predicted molar refractivity (Wildman–Crippen MR) is 104 cm³/mol. The zero-order valence-corrected chi connectivity index (χ0v) is 16.5. The molecule has 1 atom stereocenters. The molecule has 1 saturated heterocycles. The van der Waals surface area contributed by atoms with Crippen LogP contribution in [0.2, 0.25) is 0 Å². The number of hydrogen-bond donors (Lipinski definition) is 1. The zero-order chi connectivity index (χ0) is 20.2. The van der Waals surface area contributed by atoms with Crippen LogP contribution in [-0.2, 0) is 0 Å². The van der Waals surface area contributed by atoms with Crippen LogP contribution in [0.15, 0.2) is 17.1 Å². The summed E-state index contributed by atoms with van der Waals surface area (Å²) < 4.78 is 23.4. The number of rotatable bonds is 3. The third-order valence-corrected chi connectivity index (χ3v) is 6.37. The number of carboxylic acids is 1. The SMILES string of the molecule is C[C@H]1COc2c(N3CC[N+](C)(CCl)CC3)c(F)cc3c(=O)c(C(=O)O)cn1c23. The van der Waals surface area contributed by atoms with Crippen LogP contribution in [0.4, 0.5) is 10.1 Å². The summed E-state index contributed by atoms with van der Waals surface area (Å²) in [6.07, 6.45) is 1.34. The summed E-state index contributed by atoms with van der Waals surface area (Å²) in [6, 6.07) is 1.46. The van der Waals surface area contributed by atoms with Crippen molar-refractivity contribution in [2.45, 2.75) is 13.0 Å². The van der Waals surface area contributed by atoms with Gasteiger partial charge in [-0.1, -0.05) is 11.6 Å². The quantitative estimate of drug-likeness (QED) is 0.477. The molecular weight excluding hydrogens is 389 g/mol. The van der Waals surface area contributed by atoms with Crippen molar-refractivity contribution >= 4 is 34.2 Å². The van der Waals surface area contributed by atoms with Gasteiger partial charge in [0.25, 0.3) is 0 Å². The number of nitrogens with zero attached hydrogens (tertiary/aromatic N) is 3. The Morgan fingerprint density at radius 3 is 2.71 bits per heavy atom. The highest BCUT2D eigenvalue weighted by molar-refractivity contribution is 6.17. The van der Waals surface area contributed by atoms with Crippen LogP contribution in [0.25, 0.3) is 10.9 Å². The van der Waals surface area contributed by atoms with E-state index in [2.05, 4.69) is 7.05 Å². The maximum Gasteiger partial charge on any atom is 0.341 e. The Hall–Kier alpha value is -2.32.